The summed E-state index contributed by atoms with van der Waals surface area (Å²) in [7, 11) is 1.51. The summed E-state index contributed by atoms with van der Waals surface area (Å²) in [5.74, 6) is -2.18. The third-order valence-corrected chi connectivity index (χ3v) is 5.22. The predicted molar refractivity (Wildman–Crippen MR) is 107 cm³/mol. The number of ether oxygens (including phenoxy) is 6. The quantitative estimate of drug-likeness (QED) is 0.707. The molecule has 0 unspecified atom stereocenters. The van der Waals surface area contributed by atoms with Crippen LogP contribution >= 0.6 is 0 Å². The zero-order valence-corrected chi connectivity index (χ0v) is 18.2. The number of benzene rings is 1. The van der Waals surface area contributed by atoms with Gasteiger partial charge >= 0.3 is 0 Å². The maximum atomic E-state index is 12.9. The van der Waals surface area contributed by atoms with Crippen LogP contribution in [0.5, 0.6) is 5.75 Å². The first-order valence-corrected chi connectivity index (χ1v) is 10.2. The molecule has 31 heavy (non-hydrogen) atoms. The summed E-state index contributed by atoms with van der Waals surface area (Å²) in [6.07, 6.45) is -3.59. The molecule has 3 heterocycles. The minimum Gasteiger partial charge on any atom is -0.495 e. The topological polar surface area (TPSA) is 114 Å². The number of carbonyl (C=O) groups excluding carboxylic acids is 2. The van der Waals surface area contributed by atoms with Gasteiger partial charge in [0.05, 0.1) is 19.3 Å². The zero-order valence-electron chi connectivity index (χ0n) is 18.2. The number of hydrogen-bond donors (Lipinski definition) is 2. The highest BCUT2D eigenvalue weighted by Crippen LogP contribution is 2.44. The Labute approximate surface area is 180 Å². The van der Waals surface area contributed by atoms with Crippen molar-refractivity contribution in [1.29, 1.82) is 0 Å². The molecule has 5 atom stereocenters. The van der Waals surface area contributed by atoms with E-state index in [1.165, 1.54) is 7.11 Å². The third kappa shape index (κ3) is 4.53. The van der Waals surface area contributed by atoms with Crippen LogP contribution in [0.15, 0.2) is 24.3 Å². The number of amides is 2. The van der Waals surface area contributed by atoms with Crippen molar-refractivity contribution in [1.82, 2.24) is 5.32 Å². The highest BCUT2D eigenvalue weighted by atomic mass is 16.9. The van der Waals surface area contributed by atoms with Crippen molar-refractivity contribution < 1.29 is 38.0 Å². The maximum absolute atomic E-state index is 12.9. The molecule has 0 radical (unpaired) electrons. The molecule has 3 aliphatic rings. The summed E-state index contributed by atoms with van der Waals surface area (Å²) >= 11 is 0. The van der Waals surface area contributed by atoms with E-state index in [-0.39, 0.29) is 6.54 Å². The molecular weight excluding hydrogens is 408 g/mol. The number of para-hydroxylation sites is 2. The van der Waals surface area contributed by atoms with Crippen LogP contribution in [0, 0.1) is 0 Å². The molecule has 0 aliphatic carbocycles. The first-order chi connectivity index (χ1) is 14.6. The summed E-state index contributed by atoms with van der Waals surface area (Å²) in [5.41, 5.74) is 0.508. The monoisotopic (exact) mass is 436 g/mol. The van der Waals surface area contributed by atoms with Gasteiger partial charge in [0.25, 0.3) is 5.91 Å². The second kappa shape index (κ2) is 8.03. The average molecular weight is 436 g/mol. The summed E-state index contributed by atoms with van der Waals surface area (Å²) in [6, 6.07) is 7.00. The van der Waals surface area contributed by atoms with Crippen LogP contribution in [0.3, 0.4) is 0 Å². The Balaban J connectivity index is 1.41. The van der Waals surface area contributed by atoms with Crippen molar-refractivity contribution in [2.45, 2.75) is 70.0 Å². The van der Waals surface area contributed by atoms with Gasteiger partial charge in [-0.1, -0.05) is 12.1 Å². The molecule has 0 aromatic heterocycles. The molecule has 2 amide bonds. The fourth-order valence-corrected chi connectivity index (χ4v) is 4.03. The van der Waals surface area contributed by atoms with Gasteiger partial charge in [-0.25, -0.2) is 0 Å². The van der Waals surface area contributed by atoms with E-state index in [1.54, 1.807) is 52.0 Å². The van der Waals surface area contributed by atoms with E-state index in [2.05, 4.69) is 10.6 Å². The lowest BCUT2D eigenvalue weighted by atomic mass is 9.98. The Bertz CT molecular complexity index is 858. The van der Waals surface area contributed by atoms with Crippen LogP contribution in [0.2, 0.25) is 0 Å². The summed E-state index contributed by atoms with van der Waals surface area (Å²) in [5, 5.41) is 5.31. The van der Waals surface area contributed by atoms with Gasteiger partial charge in [0.1, 0.15) is 24.1 Å². The molecule has 1 aromatic rings. The van der Waals surface area contributed by atoms with E-state index in [9.17, 15) is 9.59 Å². The molecule has 170 valence electrons. The standard InChI is InChI=1S/C21H28N2O8/c1-20(2)28-14-15(29-20)17-19(31-21(3,4)30-17)27-16(14)18(25)22-10-13(24)23-11-8-6-7-9-12(11)26-5/h6-9,14-17,19H,10H2,1-5H3,(H,22,25)(H,23,24)/t14-,15-,16-,17-,19-/m1/s1. The van der Waals surface area contributed by atoms with Crippen LogP contribution in [0.25, 0.3) is 0 Å². The van der Waals surface area contributed by atoms with E-state index < -0.39 is 54.1 Å². The van der Waals surface area contributed by atoms with Gasteiger partial charge in [0.15, 0.2) is 24.0 Å². The smallest absolute Gasteiger partial charge is 0.252 e. The summed E-state index contributed by atoms with van der Waals surface area (Å²) < 4.78 is 34.7. The van der Waals surface area contributed by atoms with Gasteiger partial charge in [-0.2, -0.15) is 0 Å². The Morgan fingerprint density at radius 2 is 1.61 bits per heavy atom. The van der Waals surface area contributed by atoms with Crippen molar-refractivity contribution in [3.05, 3.63) is 24.3 Å². The second-order valence-electron chi connectivity index (χ2n) is 8.56. The van der Waals surface area contributed by atoms with Crippen molar-refractivity contribution in [3.8, 4) is 5.75 Å². The molecule has 0 spiro atoms. The molecule has 3 saturated heterocycles. The number of hydrogen-bond acceptors (Lipinski definition) is 8. The molecule has 0 saturated carbocycles. The first-order valence-electron chi connectivity index (χ1n) is 10.2. The van der Waals surface area contributed by atoms with Gasteiger partial charge in [0.2, 0.25) is 5.91 Å². The Morgan fingerprint density at radius 1 is 0.968 bits per heavy atom. The molecule has 3 fully saturated rings. The van der Waals surface area contributed by atoms with Crippen LogP contribution in [0.4, 0.5) is 5.69 Å². The largest absolute Gasteiger partial charge is 0.495 e. The number of rotatable bonds is 5. The molecule has 3 aliphatic heterocycles. The zero-order chi connectivity index (χ0) is 22.4. The Morgan fingerprint density at radius 3 is 2.35 bits per heavy atom. The maximum Gasteiger partial charge on any atom is 0.252 e. The van der Waals surface area contributed by atoms with E-state index in [0.717, 1.165) is 0 Å². The number of anilines is 1. The van der Waals surface area contributed by atoms with E-state index in [1.807, 2.05) is 0 Å². The van der Waals surface area contributed by atoms with Crippen LogP contribution in [0.1, 0.15) is 27.7 Å². The van der Waals surface area contributed by atoms with Gasteiger partial charge in [-0.15, -0.1) is 0 Å². The minimum absolute atomic E-state index is 0.255. The van der Waals surface area contributed by atoms with Gasteiger partial charge in [0, 0.05) is 0 Å². The molecule has 10 nitrogen and oxygen atoms in total. The van der Waals surface area contributed by atoms with Crippen molar-refractivity contribution in [2.75, 3.05) is 19.0 Å². The normalized spacial score (nSPS) is 32.6. The number of carbonyl (C=O) groups is 2. The van der Waals surface area contributed by atoms with Crippen molar-refractivity contribution >= 4 is 17.5 Å². The van der Waals surface area contributed by atoms with Crippen molar-refractivity contribution in [3.63, 3.8) is 0 Å². The highest BCUT2D eigenvalue weighted by Gasteiger charge is 2.62. The van der Waals surface area contributed by atoms with Crippen molar-refractivity contribution in [2.24, 2.45) is 0 Å². The first kappa shape index (κ1) is 22.0. The highest BCUT2D eigenvalue weighted by molar-refractivity contribution is 5.96. The summed E-state index contributed by atoms with van der Waals surface area (Å²) in [6.45, 7) is 6.80. The Hall–Kier alpha value is -2.24. The molecule has 2 N–H and O–H groups in total. The Kier molecular flexibility index (Phi) is 5.69. The molecule has 0 bridgehead atoms. The van der Waals surface area contributed by atoms with E-state index in [4.69, 9.17) is 28.4 Å². The fourth-order valence-electron chi connectivity index (χ4n) is 4.03. The third-order valence-electron chi connectivity index (χ3n) is 5.22. The lowest BCUT2D eigenvalue weighted by molar-refractivity contribution is -0.231. The second-order valence-corrected chi connectivity index (χ2v) is 8.56. The fraction of sp³-hybridized carbons (Fsp3) is 0.619. The number of fused-ring (bicyclic) bond motifs is 3. The molecular formula is C21H28N2O8. The molecule has 1 aromatic carbocycles. The van der Waals surface area contributed by atoms with Crippen LogP contribution in [-0.2, 0) is 33.3 Å². The lowest BCUT2D eigenvalue weighted by Gasteiger charge is -2.36. The van der Waals surface area contributed by atoms with E-state index >= 15 is 0 Å². The molecule has 10 heteroatoms. The van der Waals surface area contributed by atoms with Gasteiger partial charge in [-0.3, -0.25) is 9.59 Å². The minimum atomic E-state index is -1.02. The molecule has 4 rings (SSSR count). The SMILES string of the molecule is COc1ccccc1NC(=O)CNC(=O)[C@@H]1O[C@@H]2OC(C)(C)O[C@@H]2[C@@H]2OC(C)(C)O[C@H]21. The number of nitrogens with one attached hydrogen (secondary N) is 2. The lowest BCUT2D eigenvalue weighted by Crippen LogP contribution is -2.59. The van der Waals surface area contributed by atoms with Gasteiger partial charge < -0.3 is 39.1 Å². The van der Waals surface area contributed by atoms with E-state index in [0.29, 0.717) is 11.4 Å². The number of methoxy groups -OCH3 is 1. The van der Waals surface area contributed by atoms with Gasteiger partial charge in [-0.05, 0) is 39.8 Å². The van der Waals surface area contributed by atoms with Crippen LogP contribution < -0.4 is 15.4 Å². The van der Waals surface area contributed by atoms with Crippen LogP contribution in [-0.4, -0.2) is 67.7 Å². The summed E-state index contributed by atoms with van der Waals surface area (Å²) in [4.78, 5) is 25.3. The average Bonchev–Trinajstić information content (AvgIpc) is 3.19. The predicted octanol–water partition coefficient (Wildman–Crippen LogP) is 1.15.